The third kappa shape index (κ3) is 6.48. The summed E-state index contributed by atoms with van der Waals surface area (Å²) in [6.07, 6.45) is 0. The number of hydrogen-bond donors (Lipinski definition) is 1. The van der Waals surface area contributed by atoms with Gasteiger partial charge in [-0.25, -0.2) is 4.31 Å². The van der Waals surface area contributed by atoms with Gasteiger partial charge in [-0.15, -0.1) is 0 Å². The van der Waals surface area contributed by atoms with Crippen LogP contribution in [0.1, 0.15) is 13.8 Å². The van der Waals surface area contributed by atoms with E-state index in [0.717, 1.165) is 26.2 Å². The van der Waals surface area contributed by atoms with Crippen molar-refractivity contribution in [3.05, 3.63) is 0 Å². The van der Waals surface area contributed by atoms with E-state index in [0.29, 0.717) is 0 Å². The lowest BCUT2D eigenvalue weighted by Gasteiger charge is -2.20. The normalized spacial score (nSPS) is 11.5. The molecule has 0 aliphatic carbocycles. The van der Waals surface area contributed by atoms with Crippen LogP contribution in [0.2, 0.25) is 0 Å². The molecule has 0 radical (unpaired) electrons. The van der Waals surface area contributed by atoms with Crippen molar-refractivity contribution in [1.82, 2.24) is 9.21 Å². The van der Waals surface area contributed by atoms with Crippen LogP contribution in [0, 0.1) is 0 Å². The smallest absolute Gasteiger partial charge is 0.0225 e. The Balaban J connectivity index is 3.43. The average Bonchev–Trinajstić information content (AvgIpc) is 2.11. The second kappa shape index (κ2) is 8.56. The Morgan fingerprint density at radius 1 is 1.17 bits per heavy atom. The van der Waals surface area contributed by atoms with Crippen molar-refractivity contribution < 1.29 is 0 Å². The second-order valence-corrected chi connectivity index (χ2v) is 5.62. The van der Waals surface area contributed by atoms with E-state index in [4.69, 9.17) is 0 Å². The van der Waals surface area contributed by atoms with Crippen LogP contribution >= 0.6 is 32.5 Å². The molecule has 0 bridgehead atoms. The monoisotopic (exact) mass is 226 g/mol. The molecule has 5 heteroatoms. The maximum absolute atomic E-state index is 4.11. The lowest BCUT2D eigenvalue weighted by Crippen LogP contribution is -2.28. The highest BCUT2D eigenvalue weighted by molar-refractivity contribution is 9.04. The summed E-state index contributed by atoms with van der Waals surface area (Å²) in [7, 11) is 5.37. The van der Waals surface area contributed by atoms with E-state index in [1.165, 1.54) is 9.83 Å². The molecule has 0 aromatic heterocycles. The Morgan fingerprint density at radius 3 is 2.25 bits per heavy atom. The molecule has 0 N–H and O–H groups in total. The molecular formula is C7H18N2S3. The molecule has 0 rings (SSSR count). The van der Waals surface area contributed by atoms with Crippen LogP contribution in [0.5, 0.6) is 0 Å². The van der Waals surface area contributed by atoms with Gasteiger partial charge in [-0.2, -0.15) is 0 Å². The van der Waals surface area contributed by atoms with Crippen LogP contribution in [0.15, 0.2) is 0 Å². The number of rotatable bonds is 7. The molecule has 0 atom stereocenters. The molecule has 0 amide bonds. The Labute approximate surface area is 88.8 Å². The lowest BCUT2D eigenvalue weighted by atomic mass is 10.5. The Kier molecular flexibility index (Phi) is 9.26. The minimum Gasteiger partial charge on any atom is -0.305 e. The van der Waals surface area contributed by atoms with Gasteiger partial charge in [0.15, 0.2) is 0 Å². The van der Waals surface area contributed by atoms with Crippen LogP contribution in [-0.4, -0.2) is 42.4 Å². The van der Waals surface area contributed by atoms with Crippen molar-refractivity contribution >= 4 is 32.5 Å². The van der Waals surface area contributed by atoms with Crippen LogP contribution in [0.3, 0.4) is 0 Å². The summed E-state index contributed by atoms with van der Waals surface area (Å²) in [4.78, 5) is 2.31. The molecule has 0 aliphatic rings. The van der Waals surface area contributed by atoms with E-state index in [1.54, 1.807) is 11.0 Å². The first-order valence-electron chi connectivity index (χ1n) is 4.16. The fourth-order valence-electron chi connectivity index (χ4n) is 0.736. The number of hydrogen-bond acceptors (Lipinski definition) is 5. The van der Waals surface area contributed by atoms with Gasteiger partial charge < -0.3 is 4.90 Å². The largest absolute Gasteiger partial charge is 0.305 e. The highest BCUT2D eigenvalue weighted by atomic mass is 33.5. The summed E-state index contributed by atoms with van der Waals surface area (Å²) in [6.45, 7) is 8.79. The van der Waals surface area contributed by atoms with Gasteiger partial charge in [0.2, 0.25) is 0 Å². The van der Waals surface area contributed by atoms with Crippen molar-refractivity contribution in [2.45, 2.75) is 13.8 Å². The van der Waals surface area contributed by atoms with Gasteiger partial charge in [-0.1, -0.05) is 25.5 Å². The zero-order valence-electron chi connectivity index (χ0n) is 7.99. The minimum atomic E-state index is 1.08. The molecule has 0 aliphatic heterocycles. The summed E-state index contributed by atoms with van der Waals surface area (Å²) in [5.74, 6) is 0. The number of thiol groups is 1. The van der Waals surface area contributed by atoms with Gasteiger partial charge in [0.05, 0.1) is 0 Å². The van der Waals surface area contributed by atoms with Gasteiger partial charge in [0.1, 0.15) is 0 Å². The third-order valence-electron chi connectivity index (χ3n) is 1.76. The lowest BCUT2D eigenvalue weighted by molar-refractivity contribution is 0.320. The van der Waals surface area contributed by atoms with Crippen molar-refractivity contribution in [3.8, 4) is 0 Å². The Bertz CT molecular complexity index is 103. The molecule has 0 unspecified atom stereocenters. The van der Waals surface area contributed by atoms with Crippen LogP contribution in [-0.2, 0) is 0 Å². The van der Waals surface area contributed by atoms with E-state index in [2.05, 4.69) is 41.8 Å². The van der Waals surface area contributed by atoms with Gasteiger partial charge >= 0.3 is 0 Å². The maximum atomic E-state index is 4.11. The average molecular weight is 226 g/mol. The Hall–Kier alpha value is 0.970. The first-order valence-corrected chi connectivity index (χ1v) is 7.32. The molecule has 12 heavy (non-hydrogen) atoms. The second-order valence-electron chi connectivity index (χ2n) is 2.57. The molecular weight excluding hydrogens is 208 g/mol. The third-order valence-corrected chi connectivity index (χ3v) is 3.91. The van der Waals surface area contributed by atoms with Crippen molar-refractivity contribution in [3.63, 3.8) is 0 Å². The number of nitrogens with zero attached hydrogens (tertiary/aromatic N) is 2. The van der Waals surface area contributed by atoms with E-state index < -0.39 is 0 Å². The van der Waals surface area contributed by atoms with E-state index in [9.17, 15) is 0 Å². The van der Waals surface area contributed by atoms with Gasteiger partial charge in [0, 0.05) is 30.6 Å². The molecule has 0 saturated carbocycles. The zero-order valence-corrected chi connectivity index (χ0v) is 10.5. The van der Waals surface area contributed by atoms with Crippen molar-refractivity contribution in [2.24, 2.45) is 0 Å². The molecule has 0 aromatic rings. The summed E-state index contributed by atoms with van der Waals surface area (Å²) >= 11 is 4.11. The van der Waals surface area contributed by atoms with Crippen LogP contribution < -0.4 is 0 Å². The predicted octanol–water partition coefficient (Wildman–Crippen LogP) is 2.40. The summed E-state index contributed by atoms with van der Waals surface area (Å²) < 4.78 is 2.31. The van der Waals surface area contributed by atoms with Gasteiger partial charge in [-0.05, 0) is 23.4 Å². The highest BCUT2D eigenvalue weighted by Gasteiger charge is 2.03. The topological polar surface area (TPSA) is 6.48 Å². The molecule has 2 nitrogen and oxygen atoms in total. The fourth-order valence-corrected chi connectivity index (χ4v) is 2.76. The summed E-state index contributed by atoms with van der Waals surface area (Å²) in [5.41, 5.74) is 0. The van der Waals surface area contributed by atoms with Crippen LogP contribution in [0.4, 0.5) is 0 Å². The zero-order chi connectivity index (χ0) is 9.40. The van der Waals surface area contributed by atoms with Gasteiger partial charge in [0.25, 0.3) is 0 Å². The highest BCUT2D eigenvalue weighted by Crippen LogP contribution is 2.28. The SMILES string of the molecule is CCN(C)CCN(CC)SSS. The minimum absolute atomic E-state index is 1.08. The van der Waals surface area contributed by atoms with E-state index in [1.807, 2.05) is 0 Å². The van der Waals surface area contributed by atoms with Crippen LogP contribution in [0.25, 0.3) is 0 Å². The number of likely N-dealkylation sites (N-methyl/N-ethyl adjacent to an activating group) is 2. The standard InChI is InChI=1S/C7H18N2S3/c1-4-8(3)6-7-9(5-2)11-12-10/h10H,4-7H2,1-3H3. The maximum Gasteiger partial charge on any atom is 0.0225 e. The predicted molar refractivity (Wildman–Crippen MR) is 64.6 cm³/mol. The molecule has 0 heterocycles. The van der Waals surface area contributed by atoms with E-state index >= 15 is 0 Å². The Morgan fingerprint density at radius 2 is 1.83 bits per heavy atom. The quantitative estimate of drug-likeness (QED) is 0.404. The van der Waals surface area contributed by atoms with Crippen molar-refractivity contribution in [2.75, 3.05) is 33.2 Å². The molecule has 0 saturated heterocycles. The molecule has 74 valence electrons. The molecule has 0 fully saturated rings. The first-order chi connectivity index (χ1) is 5.74. The van der Waals surface area contributed by atoms with E-state index in [-0.39, 0.29) is 0 Å². The first kappa shape index (κ1) is 13.0. The summed E-state index contributed by atoms with van der Waals surface area (Å²) in [6, 6.07) is 0. The fraction of sp³-hybridized carbons (Fsp3) is 1.00. The molecule has 0 spiro atoms. The summed E-state index contributed by atoms with van der Waals surface area (Å²) in [5, 5.41) is 0. The van der Waals surface area contributed by atoms with Crippen molar-refractivity contribution in [1.29, 1.82) is 0 Å². The van der Waals surface area contributed by atoms with Gasteiger partial charge in [-0.3, -0.25) is 0 Å². The molecule has 0 aromatic carbocycles.